The second-order valence-corrected chi connectivity index (χ2v) is 4.93. The molecule has 0 spiro atoms. The van der Waals surface area contributed by atoms with E-state index in [0.29, 0.717) is 12.1 Å². The molecule has 0 fully saturated rings. The molecule has 0 aliphatic rings. The maximum atomic E-state index is 3.64. The zero-order valence-corrected chi connectivity index (χ0v) is 11.4. The molecule has 0 saturated carbocycles. The Morgan fingerprint density at radius 3 is 2.06 bits per heavy atom. The second-order valence-electron chi connectivity index (χ2n) is 4.93. The molecule has 0 saturated heterocycles. The Morgan fingerprint density at radius 2 is 1.39 bits per heavy atom. The molecule has 94 valence electrons. The van der Waals surface area contributed by atoms with E-state index < -0.39 is 0 Å². The summed E-state index contributed by atoms with van der Waals surface area (Å²) in [6.07, 6.45) is 0. The van der Waals surface area contributed by atoms with E-state index >= 15 is 0 Å². The monoisotopic (exact) mass is 239 g/mol. The van der Waals surface area contributed by atoms with Crippen molar-refractivity contribution in [1.29, 1.82) is 0 Å². The fourth-order valence-electron chi connectivity index (χ4n) is 2.25. The van der Waals surface area contributed by atoms with Gasteiger partial charge in [0.1, 0.15) is 0 Å². The molecule has 1 heteroatoms. The molecule has 2 rings (SSSR count). The quantitative estimate of drug-likeness (QED) is 0.833. The van der Waals surface area contributed by atoms with E-state index in [0.717, 1.165) is 0 Å². The summed E-state index contributed by atoms with van der Waals surface area (Å²) in [6, 6.07) is 20.0. The van der Waals surface area contributed by atoms with Gasteiger partial charge in [0.15, 0.2) is 0 Å². The highest BCUT2D eigenvalue weighted by Gasteiger charge is 2.10. The molecule has 0 aliphatic heterocycles. The first kappa shape index (κ1) is 12.8. The Bertz CT molecular complexity index is 490. The molecule has 0 aromatic heterocycles. The summed E-state index contributed by atoms with van der Waals surface area (Å²) in [5.41, 5.74) is 3.99. The minimum Gasteiger partial charge on any atom is -0.304 e. The highest BCUT2D eigenvalue weighted by molar-refractivity contribution is 5.25. The number of benzene rings is 2. The molecular formula is C17H21N. The van der Waals surface area contributed by atoms with Gasteiger partial charge in [0.05, 0.1) is 0 Å². The predicted octanol–water partition coefficient (Wildman–Crippen LogP) is 4.41. The summed E-state index contributed by atoms with van der Waals surface area (Å²) < 4.78 is 0. The van der Waals surface area contributed by atoms with Gasteiger partial charge in [-0.3, -0.25) is 0 Å². The van der Waals surface area contributed by atoms with Crippen LogP contribution in [0.3, 0.4) is 0 Å². The van der Waals surface area contributed by atoms with Crippen LogP contribution in [0.2, 0.25) is 0 Å². The van der Waals surface area contributed by atoms with E-state index in [1.165, 1.54) is 16.7 Å². The Kier molecular flexibility index (Phi) is 4.16. The fourth-order valence-corrected chi connectivity index (χ4v) is 2.25. The Balaban J connectivity index is 2.05. The van der Waals surface area contributed by atoms with E-state index in [9.17, 15) is 0 Å². The predicted molar refractivity (Wildman–Crippen MR) is 77.6 cm³/mol. The number of nitrogens with one attached hydrogen (secondary N) is 1. The summed E-state index contributed by atoms with van der Waals surface area (Å²) in [5, 5.41) is 3.64. The summed E-state index contributed by atoms with van der Waals surface area (Å²) in [7, 11) is 0. The van der Waals surface area contributed by atoms with Gasteiger partial charge in [0.2, 0.25) is 0 Å². The van der Waals surface area contributed by atoms with Crippen molar-refractivity contribution in [3.63, 3.8) is 0 Å². The summed E-state index contributed by atoms with van der Waals surface area (Å²) >= 11 is 0. The summed E-state index contributed by atoms with van der Waals surface area (Å²) in [4.78, 5) is 0. The first-order chi connectivity index (χ1) is 8.66. The fraction of sp³-hybridized carbons (Fsp3) is 0.294. The van der Waals surface area contributed by atoms with Crippen LogP contribution in [0.25, 0.3) is 0 Å². The van der Waals surface area contributed by atoms with Crippen LogP contribution in [0.4, 0.5) is 0 Å². The van der Waals surface area contributed by atoms with Crippen LogP contribution in [-0.4, -0.2) is 0 Å². The van der Waals surface area contributed by atoms with Crippen LogP contribution in [0.1, 0.15) is 42.6 Å². The molecule has 0 heterocycles. The maximum Gasteiger partial charge on any atom is 0.0297 e. The van der Waals surface area contributed by atoms with Gasteiger partial charge in [0.25, 0.3) is 0 Å². The van der Waals surface area contributed by atoms with Crippen LogP contribution >= 0.6 is 0 Å². The van der Waals surface area contributed by atoms with E-state index in [2.05, 4.69) is 80.7 Å². The number of hydrogen-bond donors (Lipinski definition) is 1. The summed E-state index contributed by atoms with van der Waals surface area (Å²) in [5.74, 6) is 0. The first-order valence-electron chi connectivity index (χ1n) is 6.54. The van der Waals surface area contributed by atoms with Crippen molar-refractivity contribution >= 4 is 0 Å². The number of hydrogen-bond acceptors (Lipinski definition) is 1. The van der Waals surface area contributed by atoms with Gasteiger partial charge in [-0.15, -0.1) is 0 Å². The average molecular weight is 239 g/mol. The second kappa shape index (κ2) is 5.83. The Morgan fingerprint density at radius 1 is 0.778 bits per heavy atom. The zero-order chi connectivity index (χ0) is 13.0. The van der Waals surface area contributed by atoms with Crippen molar-refractivity contribution in [1.82, 2.24) is 5.32 Å². The average Bonchev–Trinajstić information content (AvgIpc) is 2.39. The van der Waals surface area contributed by atoms with Crippen molar-refractivity contribution in [2.75, 3.05) is 0 Å². The molecule has 0 aliphatic carbocycles. The molecule has 18 heavy (non-hydrogen) atoms. The van der Waals surface area contributed by atoms with E-state index in [1.807, 2.05) is 0 Å². The van der Waals surface area contributed by atoms with Crippen molar-refractivity contribution in [3.05, 3.63) is 71.3 Å². The van der Waals surface area contributed by atoms with Crippen molar-refractivity contribution in [3.8, 4) is 0 Å². The highest BCUT2D eigenvalue weighted by Crippen LogP contribution is 2.19. The normalized spacial score (nSPS) is 14.2. The molecule has 0 amide bonds. The van der Waals surface area contributed by atoms with Crippen molar-refractivity contribution < 1.29 is 0 Å². The lowest BCUT2D eigenvalue weighted by atomic mass is 10.0. The van der Waals surface area contributed by atoms with Crippen molar-refractivity contribution in [2.24, 2.45) is 0 Å². The van der Waals surface area contributed by atoms with Gasteiger partial charge < -0.3 is 5.32 Å². The van der Waals surface area contributed by atoms with Crippen LogP contribution < -0.4 is 5.32 Å². The first-order valence-corrected chi connectivity index (χ1v) is 6.54. The Labute approximate surface area is 110 Å². The molecule has 1 N–H and O–H groups in total. The van der Waals surface area contributed by atoms with Gasteiger partial charge in [-0.2, -0.15) is 0 Å². The van der Waals surface area contributed by atoms with Crippen molar-refractivity contribution in [2.45, 2.75) is 32.9 Å². The molecule has 1 unspecified atom stereocenters. The summed E-state index contributed by atoms with van der Waals surface area (Å²) in [6.45, 7) is 6.56. The van der Waals surface area contributed by atoms with Gasteiger partial charge in [-0.25, -0.2) is 0 Å². The molecule has 0 radical (unpaired) electrons. The third-order valence-electron chi connectivity index (χ3n) is 3.34. The van der Waals surface area contributed by atoms with Gasteiger partial charge in [0, 0.05) is 12.1 Å². The molecule has 2 atom stereocenters. The zero-order valence-electron chi connectivity index (χ0n) is 11.4. The van der Waals surface area contributed by atoms with Gasteiger partial charge in [-0.05, 0) is 31.9 Å². The van der Waals surface area contributed by atoms with Crippen LogP contribution in [0, 0.1) is 6.92 Å². The lowest BCUT2D eigenvalue weighted by Crippen LogP contribution is -2.22. The minimum atomic E-state index is 0.361. The lowest BCUT2D eigenvalue weighted by Gasteiger charge is -2.21. The largest absolute Gasteiger partial charge is 0.304 e. The highest BCUT2D eigenvalue weighted by atomic mass is 14.9. The van der Waals surface area contributed by atoms with E-state index in [1.54, 1.807) is 0 Å². The Hall–Kier alpha value is -1.60. The number of aryl methyl sites for hydroxylation is 1. The van der Waals surface area contributed by atoms with Crippen LogP contribution in [0.5, 0.6) is 0 Å². The minimum absolute atomic E-state index is 0.361. The number of rotatable bonds is 4. The van der Waals surface area contributed by atoms with E-state index in [-0.39, 0.29) is 0 Å². The third kappa shape index (κ3) is 3.21. The molecule has 2 aromatic carbocycles. The molecule has 0 bridgehead atoms. The maximum absolute atomic E-state index is 3.64. The lowest BCUT2D eigenvalue weighted by molar-refractivity contribution is 0.494. The third-order valence-corrected chi connectivity index (χ3v) is 3.34. The van der Waals surface area contributed by atoms with Crippen LogP contribution in [0.15, 0.2) is 54.6 Å². The van der Waals surface area contributed by atoms with Gasteiger partial charge in [-0.1, -0.05) is 60.2 Å². The van der Waals surface area contributed by atoms with Crippen LogP contribution in [-0.2, 0) is 0 Å². The molecule has 1 nitrogen and oxygen atoms in total. The topological polar surface area (TPSA) is 12.0 Å². The standard InChI is InChI=1S/C17H21N/c1-13-8-7-11-17(12-13)15(3)18-14(2)16-9-5-4-6-10-16/h4-12,14-15,18H,1-3H3/t14-,15?/m1/s1. The smallest absolute Gasteiger partial charge is 0.0297 e. The SMILES string of the molecule is Cc1cccc(C(C)N[C@H](C)c2ccccc2)c1. The molecule has 2 aromatic rings. The van der Waals surface area contributed by atoms with E-state index in [4.69, 9.17) is 0 Å². The molecular weight excluding hydrogens is 218 g/mol. The van der Waals surface area contributed by atoms with Gasteiger partial charge >= 0.3 is 0 Å².